The number of H-pyrrole nitrogens is 1. The van der Waals surface area contributed by atoms with Gasteiger partial charge in [0.1, 0.15) is 12.1 Å². The van der Waals surface area contributed by atoms with E-state index in [1.165, 1.54) is 0 Å². The SMILES string of the molecule is CC[C@@H](C)NC(=O)[C@@H](NC(=O)[C@@H]1Cc2c([nH]c3ccccc23)[C@H]2c3ccccc3C(=O)N21)[C@H](C)CC. The number of hydrogen-bond acceptors (Lipinski definition) is 3. The van der Waals surface area contributed by atoms with E-state index < -0.39 is 12.1 Å². The van der Waals surface area contributed by atoms with Gasteiger partial charge in [-0.05, 0) is 42.5 Å². The highest BCUT2D eigenvalue weighted by Crippen LogP contribution is 2.46. The van der Waals surface area contributed by atoms with Crippen molar-refractivity contribution in [3.05, 3.63) is 70.9 Å². The summed E-state index contributed by atoms with van der Waals surface area (Å²) >= 11 is 0. The minimum atomic E-state index is -0.718. The molecule has 2 aromatic carbocycles. The van der Waals surface area contributed by atoms with Crippen LogP contribution in [0.25, 0.3) is 10.9 Å². The molecule has 2 aliphatic heterocycles. The molecule has 3 N–H and O–H groups in total. The molecular formula is C29H34N4O3. The Labute approximate surface area is 211 Å². The fourth-order valence-corrected chi connectivity index (χ4v) is 5.52. The molecule has 0 saturated carbocycles. The summed E-state index contributed by atoms with van der Waals surface area (Å²) < 4.78 is 0. The number of benzene rings is 2. The van der Waals surface area contributed by atoms with E-state index in [0.717, 1.165) is 40.6 Å². The number of carbonyl (C=O) groups excluding carboxylic acids is 3. The minimum Gasteiger partial charge on any atom is -0.356 e. The molecule has 0 aliphatic carbocycles. The van der Waals surface area contributed by atoms with Gasteiger partial charge < -0.3 is 20.5 Å². The highest BCUT2D eigenvalue weighted by Gasteiger charge is 2.49. The lowest BCUT2D eigenvalue weighted by atomic mass is 9.89. The maximum absolute atomic E-state index is 13.9. The van der Waals surface area contributed by atoms with Crippen LogP contribution in [-0.2, 0) is 16.0 Å². The third-order valence-electron chi connectivity index (χ3n) is 7.95. The largest absolute Gasteiger partial charge is 0.356 e. The molecule has 2 aliphatic rings. The Kier molecular flexibility index (Phi) is 6.33. The van der Waals surface area contributed by atoms with Gasteiger partial charge in [-0.25, -0.2) is 0 Å². The van der Waals surface area contributed by atoms with E-state index in [2.05, 4.69) is 21.7 Å². The van der Waals surface area contributed by atoms with Crippen LogP contribution in [0.3, 0.4) is 0 Å². The Morgan fingerprint density at radius 3 is 2.50 bits per heavy atom. The van der Waals surface area contributed by atoms with E-state index in [1.54, 1.807) is 4.90 Å². The minimum absolute atomic E-state index is 0.0171. The van der Waals surface area contributed by atoms with Crippen LogP contribution >= 0.6 is 0 Å². The number of aromatic nitrogens is 1. The molecular weight excluding hydrogens is 452 g/mol. The molecule has 36 heavy (non-hydrogen) atoms. The maximum Gasteiger partial charge on any atom is 0.255 e. The summed E-state index contributed by atoms with van der Waals surface area (Å²) in [6, 6.07) is 13.9. The van der Waals surface area contributed by atoms with Crippen molar-refractivity contribution in [2.24, 2.45) is 5.92 Å². The number of hydrogen-bond donors (Lipinski definition) is 3. The lowest BCUT2D eigenvalue weighted by Gasteiger charge is -2.38. The van der Waals surface area contributed by atoms with Crippen molar-refractivity contribution in [2.75, 3.05) is 0 Å². The molecule has 5 rings (SSSR count). The second-order valence-electron chi connectivity index (χ2n) is 10.2. The Morgan fingerprint density at radius 2 is 1.75 bits per heavy atom. The van der Waals surface area contributed by atoms with Crippen molar-refractivity contribution >= 4 is 28.6 Å². The van der Waals surface area contributed by atoms with Crippen molar-refractivity contribution in [3.63, 3.8) is 0 Å². The molecule has 7 heteroatoms. The average molecular weight is 487 g/mol. The van der Waals surface area contributed by atoms with Gasteiger partial charge in [-0.2, -0.15) is 0 Å². The Bertz CT molecular complexity index is 1330. The molecule has 0 spiro atoms. The van der Waals surface area contributed by atoms with Crippen LogP contribution in [-0.4, -0.2) is 45.7 Å². The van der Waals surface area contributed by atoms with Crippen molar-refractivity contribution < 1.29 is 14.4 Å². The molecule has 0 fully saturated rings. The van der Waals surface area contributed by atoms with Crippen LogP contribution in [0, 0.1) is 5.92 Å². The molecule has 0 saturated heterocycles. The highest BCUT2D eigenvalue weighted by molar-refractivity contribution is 6.04. The van der Waals surface area contributed by atoms with E-state index in [9.17, 15) is 14.4 Å². The van der Waals surface area contributed by atoms with Crippen LogP contribution in [0.5, 0.6) is 0 Å². The molecule has 0 bridgehead atoms. The summed E-state index contributed by atoms with van der Waals surface area (Å²) in [5.74, 6) is -0.665. The van der Waals surface area contributed by atoms with Crippen molar-refractivity contribution in [3.8, 4) is 0 Å². The monoisotopic (exact) mass is 486 g/mol. The summed E-state index contributed by atoms with van der Waals surface area (Å²) in [5, 5.41) is 7.13. The molecule has 188 valence electrons. The van der Waals surface area contributed by atoms with Crippen molar-refractivity contribution in [1.82, 2.24) is 20.5 Å². The number of para-hydroxylation sites is 1. The molecule has 7 nitrogen and oxygen atoms in total. The van der Waals surface area contributed by atoms with Gasteiger partial charge in [0.05, 0.1) is 6.04 Å². The Hall–Kier alpha value is -3.61. The molecule has 0 unspecified atom stereocenters. The highest BCUT2D eigenvalue weighted by atomic mass is 16.2. The number of rotatable bonds is 7. The van der Waals surface area contributed by atoms with Gasteiger partial charge >= 0.3 is 0 Å². The van der Waals surface area contributed by atoms with Crippen molar-refractivity contribution in [2.45, 2.75) is 71.1 Å². The van der Waals surface area contributed by atoms with Gasteiger partial charge in [-0.1, -0.05) is 63.6 Å². The molecule has 3 heterocycles. The number of aromatic amines is 1. The maximum atomic E-state index is 13.9. The molecule has 5 atom stereocenters. The molecule has 3 amide bonds. The smallest absolute Gasteiger partial charge is 0.255 e. The predicted octanol–water partition coefficient (Wildman–Crippen LogP) is 4.08. The van der Waals surface area contributed by atoms with Gasteiger partial charge in [0, 0.05) is 34.6 Å². The van der Waals surface area contributed by atoms with E-state index in [1.807, 2.05) is 70.2 Å². The van der Waals surface area contributed by atoms with Crippen LogP contribution in [0.4, 0.5) is 0 Å². The standard InChI is InChI=1S/C29H34N4O3/c1-5-16(3)24(28(35)30-17(4)6-2)32-27(34)23-15-21-18-11-9-10-14-22(18)31-25(21)26-19-12-7-8-13-20(19)29(36)33(23)26/h7-14,16-17,23-24,26,31H,5-6,15H2,1-4H3,(H,30,35)(H,32,34)/t16-,17-,23+,24+,26-/m1/s1. The summed E-state index contributed by atoms with van der Waals surface area (Å²) in [6.07, 6.45) is 1.94. The van der Waals surface area contributed by atoms with E-state index in [0.29, 0.717) is 12.0 Å². The summed E-state index contributed by atoms with van der Waals surface area (Å²) in [4.78, 5) is 45.9. The lowest BCUT2D eigenvalue weighted by molar-refractivity contribution is -0.133. The quantitative estimate of drug-likeness (QED) is 0.470. The predicted molar refractivity (Wildman–Crippen MR) is 140 cm³/mol. The van der Waals surface area contributed by atoms with Gasteiger partial charge in [0.25, 0.3) is 5.91 Å². The van der Waals surface area contributed by atoms with Crippen LogP contribution in [0.2, 0.25) is 0 Å². The first-order valence-electron chi connectivity index (χ1n) is 13.0. The second-order valence-corrected chi connectivity index (χ2v) is 10.2. The van der Waals surface area contributed by atoms with E-state index >= 15 is 0 Å². The third-order valence-corrected chi connectivity index (χ3v) is 7.95. The summed E-state index contributed by atoms with van der Waals surface area (Å²) in [7, 11) is 0. The topological polar surface area (TPSA) is 94.3 Å². The molecule has 1 aromatic heterocycles. The van der Waals surface area contributed by atoms with Crippen LogP contribution < -0.4 is 10.6 Å². The lowest BCUT2D eigenvalue weighted by Crippen LogP contribution is -2.58. The first-order valence-corrected chi connectivity index (χ1v) is 13.0. The first-order chi connectivity index (χ1) is 17.3. The van der Waals surface area contributed by atoms with Crippen molar-refractivity contribution in [1.29, 1.82) is 0 Å². The first kappa shape index (κ1) is 24.1. The van der Waals surface area contributed by atoms with Gasteiger partial charge in [0.15, 0.2) is 0 Å². The number of carbonyl (C=O) groups is 3. The van der Waals surface area contributed by atoms with E-state index in [4.69, 9.17) is 0 Å². The number of fused-ring (bicyclic) bond motifs is 7. The Morgan fingerprint density at radius 1 is 1.03 bits per heavy atom. The number of nitrogens with zero attached hydrogens (tertiary/aromatic N) is 1. The zero-order chi connectivity index (χ0) is 25.6. The summed E-state index contributed by atoms with van der Waals surface area (Å²) in [6.45, 7) is 7.95. The molecule has 0 radical (unpaired) electrons. The van der Waals surface area contributed by atoms with Gasteiger partial charge in [0.2, 0.25) is 11.8 Å². The van der Waals surface area contributed by atoms with Gasteiger partial charge in [-0.3, -0.25) is 14.4 Å². The summed E-state index contributed by atoms with van der Waals surface area (Å²) in [5.41, 5.74) is 4.54. The van der Waals surface area contributed by atoms with Gasteiger partial charge in [-0.15, -0.1) is 0 Å². The fourth-order valence-electron chi connectivity index (χ4n) is 5.52. The fraction of sp³-hybridized carbons (Fsp3) is 0.414. The third kappa shape index (κ3) is 3.87. The average Bonchev–Trinajstić information content (AvgIpc) is 3.41. The number of nitrogens with one attached hydrogen (secondary N) is 3. The molecule has 3 aromatic rings. The van der Waals surface area contributed by atoms with E-state index in [-0.39, 0.29) is 35.7 Å². The Balaban J connectivity index is 1.54. The zero-order valence-electron chi connectivity index (χ0n) is 21.3. The van der Waals surface area contributed by atoms with Crippen LogP contribution in [0.1, 0.15) is 73.8 Å². The second kappa shape index (κ2) is 9.45. The zero-order valence-corrected chi connectivity index (χ0v) is 21.3. The normalized spacial score (nSPS) is 20.8. The number of amides is 3. The van der Waals surface area contributed by atoms with Crippen LogP contribution in [0.15, 0.2) is 48.5 Å².